The molecule has 0 aliphatic heterocycles. The van der Waals surface area contributed by atoms with E-state index in [0.717, 1.165) is 18.8 Å². The van der Waals surface area contributed by atoms with E-state index in [2.05, 4.69) is 31.2 Å². The van der Waals surface area contributed by atoms with Crippen LogP contribution in [0.1, 0.15) is 30.4 Å². The summed E-state index contributed by atoms with van der Waals surface area (Å²) in [5.41, 5.74) is 2.88. The molecule has 0 fully saturated rings. The first-order valence-corrected chi connectivity index (χ1v) is 7.08. The molecule has 0 saturated heterocycles. The zero-order valence-corrected chi connectivity index (χ0v) is 11.6. The van der Waals surface area contributed by atoms with E-state index in [9.17, 15) is 0 Å². The van der Waals surface area contributed by atoms with Crippen LogP contribution in [0, 0.1) is 6.92 Å². The number of ether oxygens (including phenoxy) is 1. The fourth-order valence-corrected chi connectivity index (χ4v) is 2.19. The van der Waals surface area contributed by atoms with E-state index in [1.807, 2.05) is 30.3 Å². The molecule has 2 rings (SSSR count). The predicted molar refractivity (Wildman–Crippen MR) is 80.7 cm³/mol. The lowest BCUT2D eigenvalue weighted by Crippen LogP contribution is -1.97. The van der Waals surface area contributed by atoms with Gasteiger partial charge in [0.2, 0.25) is 0 Å². The van der Waals surface area contributed by atoms with Gasteiger partial charge < -0.3 is 4.74 Å². The zero-order valence-electron chi connectivity index (χ0n) is 11.6. The van der Waals surface area contributed by atoms with Gasteiger partial charge in [-0.3, -0.25) is 0 Å². The first kappa shape index (κ1) is 13.7. The minimum absolute atomic E-state index is 0.817. The van der Waals surface area contributed by atoms with Crippen molar-refractivity contribution in [2.24, 2.45) is 0 Å². The SMILES string of the molecule is Cc1ccccc1CCCCCOc1ccccc1. The molecular formula is C18H22O. The number of aryl methyl sites for hydroxylation is 2. The van der Waals surface area contributed by atoms with Gasteiger partial charge >= 0.3 is 0 Å². The Morgan fingerprint density at radius 2 is 1.53 bits per heavy atom. The second kappa shape index (κ2) is 7.63. The highest BCUT2D eigenvalue weighted by Gasteiger charge is 1.97. The van der Waals surface area contributed by atoms with Crippen LogP contribution >= 0.6 is 0 Å². The fraction of sp³-hybridized carbons (Fsp3) is 0.333. The summed E-state index contributed by atoms with van der Waals surface area (Å²) in [7, 11) is 0. The normalized spacial score (nSPS) is 10.4. The molecule has 0 spiro atoms. The quantitative estimate of drug-likeness (QED) is 0.646. The smallest absolute Gasteiger partial charge is 0.119 e. The lowest BCUT2D eigenvalue weighted by atomic mass is 10.0. The molecule has 2 aromatic rings. The highest BCUT2D eigenvalue weighted by atomic mass is 16.5. The molecule has 19 heavy (non-hydrogen) atoms. The Balaban J connectivity index is 1.59. The maximum absolute atomic E-state index is 5.68. The maximum atomic E-state index is 5.68. The zero-order chi connectivity index (χ0) is 13.3. The molecule has 0 heterocycles. The molecule has 1 heteroatoms. The third-order valence-corrected chi connectivity index (χ3v) is 3.36. The average Bonchev–Trinajstić information content (AvgIpc) is 2.45. The first-order valence-electron chi connectivity index (χ1n) is 7.08. The summed E-state index contributed by atoms with van der Waals surface area (Å²) in [5.74, 6) is 0.974. The van der Waals surface area contributed by atoms with E-state index in [-0.39, 0.29) is 0 Å². The number of benzene rings is 2. The molecule has 0 aliphatic carbocycles. The Hall–Kier alpha value is -1.76. The van der Waals surface area contributed by atoms with Crippen LogP contribution in [0.2, 0.25) is 0 Å². The summed E-state index contributed by atoms with van der Waals surface area (Å²) in [6.07, 6.45) is 4.77. The van der Waals surface area contributed by atoms with Gasteiger partial charge in [-0.25, -0.2) is 0 Å². The maximum Gasteiger partial charge on any atom is 0.119 e. The van der Waals surface area contributed by atoms with Gasteiger partial charge in [-0.2, -0.15) is 0 Å². The van der Waals surface area contributed by atoms with E-state index in [0.29, 0.717) is 0 Å². The molecule has 0 amide bonds. The molecular weight excluding hydrogens is 232 g/mol. The molecule has 0 radical (unpaired) electrons. The number of rotatable bonds is 7. The van der Waals surface area contributed by atoms with Gasteiger partial charge in [0.15, 0.2) is 0 Å². The third kappa shape index (κ3) is 4.78. The molecule has 0 saturated carbocycles. The van der Waals surface area contributed by atoms with Crippen LogP contribution in [0.3, 0.4) is 0 Å². The lowest BCUT2D eigenvalue weighted by molar-refractivity contribution is 0.305. The van der Waals surface area contributed by atoms with Crippen molar-refractivity contribution < 1.29 is 4.74 Å². The van der Waals surface area contributed by atoms with E-state index < -0.39 is 0 Å². The highest BCUT2D eigenvalue weighted by molar-refractivity contribution is 5.25. The third-order valence-electron chi connectivity index (χ3n) is 3.36. The van der Waals surface area contributed by atoms with Crippen molar-refractivity contribution in [3.63, 3.8) is 0 Å². The molecule has 0 N–H and O–H groups in total. The van der Waals surface area contributed by atoms with Gasteiger partial charge in [0, 0.05) is 0 Å². The molecule has 1 nitrogen and oxygen atoms in total. The van der Waals surface area contributed by atoms with Crippen LogP contribution in [0.15, 0.2) is 54.6 Å². The largest absolute Gasteiger partial charge is 0.494 e. The van der Waals surface area contributed by atoms with Crippen molar-refractivity contribution in [2.75, 3.05) is 6.61 Å². The highest BCUT2D eigenvalue weighted by Crippen LogP contribution is 2.12. The van der Waals surface area contributed by atoms with Gasteiger partial charge in [-0.15, -0.1) is 0 Å². The first-order chi connectivity index (χ1) is 9.36. The summed E-state index contributed by atoms with van der Waals surface area (Å²) < 4.78 is 5.68. The van der Waals surface area contributed by atoms with E-state index >= 15 is 0 Å². The number of para-hydroxylation sites is 1. The molecule has 0 aliphatic rings. The summed E-state index contributed by atoms with van der Waals surface area (Å²) in [6.45, 7) is 3.01. The molecule has 0 unspecified atom stereocenters. The molecule has 0 atom stereocenters. The van der Waals surface area contributed by atoms with Crippen LogP contribution in [-0.2, 0) is 6.42 Å². The van der Waals surface area contributed by atoms with Crippen molar-refractivity contribution in [2.45, 2.75) is 32.6 Å². The van der Waals surface area contributed by atoms with Gasteiger partial charge in [-0.05, 0) is 55.9 Å². The topological polar surface area (TPSA) is 9.23 Å². The molecule has 100 valence electrons. The predicted octanol–water partition coefficient (Wildman–Crippen LogP) is 4.79. The Morgan fingerprint density at radius 1 is 0.789 bits per heavy atom. The van der Waals surface area contributed by atoms with Gasteiger partial charge in [0.1, 0.15) is 5.75 Å². The van der Waals surface area contributed by atoms with Crippen molar-refractivity contribution in [1.82, 2.24) is 0 Å². The van der Waals surface area contributed by atoms with Crippen LogP contribution in [-0.4, -0.2) is 6.61 Å². The second-order valence-corrected chi connectivity index (χ2v) is 4.90. The van der Waals surface area contributed by atoms with Crippen molar-refractivity contribution in [3.05, 3.63) is 65.7 Å². The number of hydrogen-bond donors (Lipinski definition) is 0. The Labute approximate surface area is 116 Å². The Bertz CT molecular complexity index is 476. The number of hydrogen-bond acceptors (Lipinski definition) is 1. The van der Waals surface area contributed by atoms with Crippen molar-refractivity contribution in [3.8, 4) is 5.75 Å². The Kier molecular flexibility index (Phi) is 5.49. The van der Waals surface area contributed by atoms with Crippen molar-refractivity contribution >= 4 is 0 Å². The lowest BCUT2D eigenvalue weighted by Gasteiger charge is -2.07. The molecule has 0 bridgehead atoms. The summed E-state index contributed by atoms with van der Waals surface area (Å²) in [6, 6.07) is 18.7. The second-order valence-electron chi connectivity index (χ2n) is 4.90. The Morgan fingerprint density at radius 3 is 2.32 bits per heavy atom. The van der Waals surface area contributed by atoms with Gasteiger partial charge in [0.25, 0.3) is 0 Å². The monoisotopic (exact) mass is 254 g/mol. The fourth-order valence-electron chi connectivity index (χ4n) is 2.19. The van der Waals surface area contributed by atoms with Crippen LogP contribution < -0.4 is 4.74 Å². The van der Waals surface area contributed by atoms with Crippen LogP contribution in [0.25, 0.3) is 0 Å². The van der Waals surface area contributed by atoms with Gasteiger partial charge in [-0.1, -0.05) is 42.5 Å². The van der Waals surface area contributed by atoms with E-state index in [4.69, 9.17) is 4.74 Å². The summed E-state index contributed by atoms with van der Waals surface area (Å²) >= 11 is 0. The minimum Gasteiger partial charge on any atom is -0.494 e. The van der Waals surface area contributed by atoms with Crippen molar-refractivity contribution in [1.29, 1.82) is 0 Å². The van der Waals surface area contributed by atoms with E-state index in [1.54, 1.807) is 0 Å². The molecule has 2 aromatic carbocycles. The minimum atomic E-state index is 0.817. The summed E-state index contributed by atoms with van der Waals surface area (Å²) in [5, 5.41) is 0. The standard InChI is InChI=1S/C18H22O/c1-16-10-7-8-12-17(16)11-4-3-9-15-19-18-13-5-2-6-14-18/h2,5-8,10,12-14H,3-4,9,11,15H2,1H3. The number of unbranched alkanes of at least 4 members (excludes halogenated alkanes) is 2. The average molecular weight is 254 g/mol. The molecule has 0 aromatic heterocycles. The van der Waals surface area contributed by atoms with Gasteiger partial charge in [0.05, 0.1) is 6.61 Å². The summed E-state index contributed by atoms with van der Waals surface area (Å²) in [4.78, 5) is 0. The van der Waals surface area contributed by atoms with Crippen LogP contribution in [0.4, 0.5) is 0 Å². The van der Waals surface area contributed by atoms with E-state index in [1.165, 1.54) is 30.4 Å². The van der Waals surface area contributed by atoms with Crippen LogP contribution in [0.5, 0.6) is 5.75 Å².